The van der Waals surface area contributed by atoms with Crippen molar-refractivity contribution < 1.29 is 40.2 Å². The number of aromatic nitrogens is 1. The second-order valence-corrected chi connectivity index (χ2v) is 15.0. The summed E-state index contributed by atoms with van der Waals surface area (Å²) in [5, 5.41) is 64.9. The number of hydrogen-bond acceptors (Lipinski definition) is 11. The number of carbonyl (C=O) groups is 1. The van der Waals surface area contributed by atoms with E-state index in [1.165, 1.54) is 16.7 Å². The number of pyridine rings is 1. The Balaban J connectivity index is 1.19. The molecule has 0 radical (unpaired) electrons. The summed E-state index contributed by atoms with van der Waals surface area (Å²) in [6, 6.07) is 16.7. The van der Waals surface area contributed by atoms with Gasteiger partial charge >= 0.3 is 5.91 Å². The maximum absolute atomic E-state index is 13.0. The second kappa shape index (κ2) is 17.2. The lowest BCUT2D eigenvalue weighted by atomic mass is 9.94. The van der Waals surface area contributed by atoms with E-state index in [1.54, 1.807) is 11.8 Å². The van der Waals surface area contributed by atoms with E-state index >= 15 is 0 Å². The number of para-hydroxylation sites is 1. The zero-order valence-electron chi connectivity index (χ0n) is 29.6. The van der Waals surface area contributed by atoms with E-state index in [0.717, 1.165) is 60.3 Å². The van der Waals surface area contributed by atoms with Crippen molar-refractivity contribution in [3.05, 3.63) is 77.6 Å². The first kappa shape index (κ1) is 39.1. The number of carbonyl (C=O) groups excluding carboxylic acids is 1. The molecule has 1 unspecified atom stereocenters. The summed E-state index contributed by atoms with van der Waals surface area (Å²) in [5.74, 6) is -6.16. The van der Waals surface area contributed by atoms with Crippen molar-refractivity contribution in [1.29, 1.82) is 0 Å². The van der Waals surface area contributed by atoms with Crippen LogP contribution >= 0.6 is 11.8 Å². The largest absolute Gasteiger partial charge is 0.490 e. The minimum atomic E-state index is -3.56. The number of ether oxygens (including phenoxy) is 1. The van der Waals surface area contributed by atoms with Crippen LogP contribution in [0.25, 0.3) is 11.1 Å². The van der Waals surface area contributed by atoms with E-state index in [0.29, 0.717) is 42.6 Å². The summed E-state index contributed by atoms with van der Waals surface area (Å²) in [7, 11) is 0. The molecule has 11 nitrogen and oxygen atoms in total. The molecule has 2 fully saturated rings. The van der Waals surface area contributed by atoms with Gasteiger partial charge in [-0.25, -0.2) is 0 Å². The molecule has 0 bridgehead atoms. The van der Waals surface area contributed by atoms with Crippen LogP contribution in [-0.2, 0) is 16.9 Å². The number of benzene rings is 2. The lowest BCUT2D eigenvalue weighted by Gasteiger charge is -2.44. The number of nitrogens with one attached hydrogen (secondary N) is 1. The molecule has 7 N–H and O–H groups in total. The molecule has 1 aromatic heterocycles. The summed E-state index contributed by atoms with van der Waals surface area (Å²) in [6.07, 6.45) is 9.02. The van der Waals surface area contributed by atoms with Crippen LogP contribution in [0.4, 0.5) is 0 Å². The van der Waals surface area contributed by atoms with Crippen molar-refractivity contribution in [3.8, 4) is 16.9 Å². The van der Waals surface area contributed by atoms with E-state index < -0.39 is 30.3 Å². The molecule has 2 aliphatic carbocycles. The Kier molecular flexibility index (Phi) is 13.2. The van der Waals surface area contributed by atoms with Gasteiger partial charge in [0.05, 0.1) is 12.7 Å². The summed E-state index contributed by atoms with van der Waals surface area (Å²) in [6.45, 7) is 3.42. The van der Waals surface area contributed by atoms with Crippen molar-refractivity contribution in [2.24, 2.45) is 0 Å². The van der Waals surface area contributed by atoms with E-state index in [-0.39, 0.29) is 18.5 Å². The van der Waals surface area contributed by atoms with Gasteiger partial charge in [-0.1, -0.05) is 44.0 Å². The van der Waals surface area contributed by atoms with Gasteiger partial charge in [0, 0.05) is 47.9 Å². The smallest absolute Gasteiger partial charge is 0.308 e. The first-order valence-corrected chi connectivity index (χ1v) is 19.1. The van der Waals surface area contributed by atoms with Gasteiger partial charge in [0.25, 0.3) is 5.79 Å². The summed E-state index contributed by atoms with van der Waals surface area (Å²) < 4.78 is 6.27. The molecule has 0 spiro atoms. The first-order chi connectivity index (χ1) is 24.4. The maximum Gasteiger partial charge on any atom is 0.308 e. The highest BCUT2D eigenvalue weighted by atomic mass is 32.2. The predicted molar refractivity (Wildman–Crippen MR) is 195 cm³/mol. The molecule has 12 heteroatoms. The van der Waals surface area contributed by atoms with Crippen molar-refractivity contribution in [3.63, 3.8) is 0 Å². The van der Waals surface area contributed by atoms with Crippen molar-refractivity contribution in [2.75, 3.05) is 18.9 Å². The number of aliphatic hydroxyl groups excluding tert-OH is 2. The van der Waals surface area contributed by atoms with Gasteiger partial charge in [-0.15, -0.1) is 11.8 Å². The Hall–Kier alpha value is -3.07. The number of nitrogens with zero attached hydrogens (tertiary/aromatic N) is 2. The molecule has 2 aromatic carbocycles. The van der Waals surface area contributed by atoms with Crippen molar-refractivity contribution in [1.82, 2.24) is 15.2 Å². The Labute approximate surface area is 304 Å². The van der Waals surface area contributed by atoms with E-state index in [2.05, 4.69) is 53.6 Å². The highest BCUT2D eigenvalue weighted by Gasteiger charge is 2.57. The van der Waals surface area contributed by atoms with Gasteiger partial charge in [-0.3, -0.25) is 14.7 Å². The van der Waals surface area contributed by atoms with Gasteiger partial charge in [-0.05, 0) is 104 Å². The van der Waals surface area contributed by atoms with Crippen molar-refractivity contribution >= 4 is 17.7 Å². The molecule has 1 heterocycles. The third-order valence-electron chi connectivity index (χ3n) is 9.87. The van der Waals surface area contributed by atoms with Crippen LogP contribution in [0.5, 0.6) is 5.75 Å². The molecular formula is C39H53N3O8S. The zero-order valence-corrected chi connectivity index (χ0v) is 30.4. The molecule has 1 amide bonds. The lowest BCUT2D eigenvalue weighted by molar-refractivity contribution is -0.427. The number of amides is 1. The van der Waals surface area contributed by atoms with Gasteiger partial charge in [0.15, 0.2) is 0 Å². The Morgan fingerprint density at radius 2 is 1.82 bits per heavy atom. The standard InChI is InChI=1S/C39H53N3O8S/c1-3-4-5-12-36(45)42(39(48,49)38(46,47)35(44)26-43)21-8-9-22-51-30-16-13-27(2)28(23-30)24-41-37(18-19-37)33-25-40-20-17-31(33)32-10-6-7-11-34(32)50-29-14-15-29/h6-7,10-11,13,16-17,20,23,25,29,35,41,43-44,46-49H,3-5,8-9,12,14-15,18-19,21-22,24,26H2,1-2H3. The molecule has 0 aliphatic heterocycles. The fourth-order valence-electron chi connectivity index (χ4n) is 6.25. The Morgan fingerprint density at radius 3 is 2.53 bits per heavy atom. The molecule has 1 atom stereocenters. The molecule has 2 aliphatic rings. The molecule has 2 saturated carbocycles. The highest BCUT2D eigenvalue weighted by molar-refractivity contribution is 7.99. The minimum absolute atomic E-state index is 0.0253. The van der Waals surface area contributed by atoms with Gasteiger partial charge in [0.1, 0.15) is 11.9 Å². The summed E-state index contributed by atoms with van der Waals surface area (Å²) >= 11 is 1.65. The first-order valence-electron chi connectivity index (χ1n) is 18.1. The zero-order chi connectivity index (χ0) is 36.6. The normalized spacial score (nSPS) is 16.2. The Morgan fingerprint density at radius 1 is 1.06 bits per heavy atom. The molecule has 5 rings (SSSR count). The fraction of sp³-hybridized carbons (Fsp3) is 0.538. The third kappa shape index (κ3) is 9.49. The predicted octanol–water partition coefficient (Wildman–Crippen LogP) is 4.33. The van der Waals surface area contributed by atoms with Crippen molar-refractivity contribution in [2.45, 2.75) is 119 Å². The number of hydrogen-bond donors (Lipinski definition) is 7. The van der Waals surface area contributed by atoms with Crippen LogP contribution in [0.1, 0.15) is 87.8 Å². The average Bonchev–Trinajstić information content (AvgIpc) is 4.07. The lowest BCUT2D eigenvalue weighted by Crippen LogP contribution is -2.71. The average molecular weight is 724 g/mol. The number of aryl methyl sites for hydroxylation is 1. The van der Waals surface area contributed by atoms with Gasteiger partial charge < -0.3 is 40.7 Å². The van der Waals surface area contributed by atoms with Crippen LogP contribution in [0.15, 0.2) is 65.8 Å². The van der Waals surface area contributed by atoms with E-state index in [1.807, 2.05) is 31.5 Å². The second-order valence-electron chi connectivity index (χ2n) is 13.9. The summed E-state index contributed by atoms with van der Waals surface area (Å²) in [4.78, 5) is 19.1. The van der Waals surface area contributed by atoms with Crippen LogP contribution in [0.3, 0.4) is 0 Å². The quantitative estimate of drug-likeness (QED) is 0.0473. The van der Waals surface area contributed by atoms with E-state index in [9.17, 15) is 35.4 Å². The number of thioether (sulfide) groups is 1. The number of aliphatic hydroxyl groups is 6. The molecule has 51 heavy (non-hydrogen) atoms. The highest BCUT2D eigenvalue weighted by Crippen LogP contribution is 2.50. The monoisotopic (exact) mass is 723 g/mol. The fourth-order valence-corrected chi connectivity index (χ4v) is 7.23. The molecule has 3 aromatic rings. The van der Waals surface area contributed by atoms with E-state index in [4.69, 9.17) is 4.74 Å². The SMILES string of the molecule is CCCCCC(=O)N(CCCCSc1ccc(C)c(CNC2(c3cnccc3-c3ccccc3OC3CC3)CC2)c1)C(O)(O)C(O)(O)C(O)CO. The van der Waals surface area contributed by atoms with Gasteiger partial charge in [0.2, 0.25) is 5.91 Å². The molecule has 0 saturated heterocycles. The minimum Gasteiger partial charge on any atom is -0.490 e. The Bertz CT molecular complexity index is 1610. The molecule has 278 valence electrons. The topological polar surface area (TPSA) is 176 Å². The van der Waals surface area contributed by atoms with Crippen LogP contribution < -0.4 is 10.1 Å². The summed E-state index contributed by atoms with van der Waals surface area (Å²) in [5.41, 5.74) is 5.60. The molecular weight excluding hydrogens is 671 g/mol. The van der Waals surface area contributed by atoms with Gasteiger partial charge in [-0.2, -0.15) is 0 Å². The maximum atomic E-state index is 13.0. The number of rotatable bonds is 21. The van der Waals surface area contributed by atoms with Crippen LogP contribution in [0, 0.1) is 6.92 Å². The third-order valence-corrected chi connectivity index (χ3v) is 10.9. The van der Waals surface area contributed by atoms with Crippen LogP contribution in [-0.4, -0.2) is 89.2 Å². The number of unbranched alkanes of at least 4 members (excludes halogenated alkanes) is 3. The van der Waals surface area contributed by atoms with Crippen LogP contribution in [0.2, 0.25) is 0 Å².